The maximum absolute atomic E-state index is 13.3. The molecule has 2 saturated carbocycles. The predicted octanol–water partition coefficient (Wildman–Crippen LogP) is 1.72. The lowest BCUT2D eigenvalue weighted by molar-refractivity contribution is -0.135. The van der Waals surface area contributed by atoms with Gasteiger partial charge in [0.25, 0.3) is 11.8 Å². The molecule has 3 fully saturated rings. The molecule has 2 N–H and O–H groups in total. The van der Waals surface area contributed by atoms with E-state index in [0.29, 0.717) is 24.3 Å². The molecule has 3 unspecified atom stereocenters. The first-order chi connectivity index (χ1) is 19.8. The fourth-order valence-corrected chi connectivity index (χ4v) is 6.20. The largest absolute Gasteiger partial charge is 0.478 e. The number of rotatable bonds is 9. The number of nitrogens with one attached hydrogen (secondary N) is 1. The number of amidine groups is 1. The monoisotopic (exact) mass is 579 g/mol. The Morgan fingerprint density at radius 2 is 1.88 bits per heavy atom. The summed E-state index contributed by atoms with van der Waals surface area (Å²) >= 11 is 0. The lowest BCUT2D eigenvalue weighted by Gasteiger charge is -2.40. The minimum atomic E-state index is -1.63. The van der Waals surface area contributed by atoms with Gasteiger partial charge in [-0.3, -0.25) is 33.5 Å². The molecular formula is C27H29N7O6S. The fraction of sp³-hybridized carbons (Fsp3) is 0.444. The molecular weight excluding hydrogens is 550 g/mol. The van der Waals surface area contributed by atoms with Crippen LogP contribution in [0.3, 0.4) is 0 Å². The van der Waals surface area contributed by atoms with E-state index in [-0.39, 0.29) is 46.1 Å². The summed E-state index contributed by atoms with van der Waals surface area (Å²) in [6.07, 6.45) is 7.23. The molecule has 4 aliphatic rings. The molecule has 0 bridgehead atoms. The normalized spacial score (nSPS) is 22.6. The van der Waals surface area contributed by atoms with Gasteiger partial charge in [-0.2, -0.15) is 0 Å². The van der Waals surface area contributed by atoms with Crippen molar-refractivity contribution in [2.24, 2.45) is 4.99 Å². The Kier molecular flexibility index (Phi) is 7.01. The molecule has 41 heavy (non-hydrogen) atoms. The second kappa shape index (κ2) is 10.7. The van der Waals surface area contributed by atoms with Crippen molar-refractivity contribution < 1.29 is 28.5 Å². The van der Waals surface area contributed by atoms with Gasteiger partial charge in [-0.05, 0) is 49.8 Å². The zero-order chi connectivity index (χ0) is 28.8. The number of aromatic nitrogens is 2. The Bertz CT molecular complexity index is 1470. The summed E-state index contributed by atoms with van der Waals surface area (Å²) in [5, 5.41) is 12.5. The van der Waals surface area contributed by atoms with E-state index >= 15 is 0 Å². The summed E-state index contributed by atoms with van der Waals surface area (Å²) in [7, 11) is -1.63. The molecule has 1 saturated heterocycles. The van der Waals surface area contributed by atoms with Gasteiger partial charge in [-0.1, -0.05) is 13.0 Å². The number of carboxylic acid groups (broad SMARTS) is 1. The first-order valence-electron chi connectivity index (χ1n) is 13.6. The van der Waals surface area contributed by atoms with Gasteiger partial charge in [0, 0.05) is 37.2 Å². The summed E-state index contributed by atoms with van der Waals surface area (Å²) in [5.74, 6) is -1.42. The zero-order valence-corrected chi connectivity index (χ0v) is 23.1. The molecule has 0 spiro atoms. The molecule has 3 atom stereocenters. The van der Waals surface area contributed by atoms with Crippen LogP contribution in [0.4, 0.5) is 10.6 Å². The summed E-state index contributed by atoms with van der Waals surface area (Å²) < 4.78 is 13.3. The molecule has 2 aliphatic heterocycles. The Morgan fingerprint density at radius 1 is 1.12 bits per heavy atom. The summed E-state index contributed by atoms with van der Waals surface area (Å²) in [6, 6.07) is 3.47. The molecule has 2 aromatic rings. The number of carboxylic acids is 1. The number of urea groups is 1. The number of carbonyl (C=O) groups excluding carboxylic acids is 3. The summed E-state index contributed by atoms with van der Waals surface area (Å²) in [5.41, 5.74) is 0.711. The molecule has 13 nitrogen and oxygen atoms in total. The highest BCUT2D eigenvalue weighted by molar-refractivity contribution is 7.99. The van der Waals surface area contributed by atoms with Crippen molar-refractivity contribution in [1.82, 2.24) is 25.1 Å². The van der Waals surface area contributed by atoms with E-state index in [1.165, 1.54) is 34.5 Å². The van der Waals surface area contributed by atoms with Crippen LogP contribution in [0.25, 0.3) is 0 Å². The highest BCUT2D eigenvalue weighted by Crippen LogP contribution is 2.34. The third kappa shape index (κ3) is 5.19. The molecule has 0 aromatic carbocycles. The predicted molar refractivity (Wildman–Crippen MR) is 148 cm³/mol. The van der Waals surface area contributed by atoms with E-state index in [1.807, 2.05) is 6.92 Å². The third-order valence-corrected chi connectivity index (χ3v) is 8.66. The van der Waals surface area contributed by atoms with Crippen molar-refractivity contribution in [3.63, 3.8) is 0 Å². The van der Waals surface area contributed by atoms with Gasteiger partial charge in [-0.15, -0.1) is 0 Å². The van der Waals surface area contributed by atoms with E-state index < -0.39 is 34.9 Å². The summed E-state index contributed by atoms with van der Waals surface area (Å²) in [6.45, 7) is 2.39. The molecule has 214 valence electrons. The smallest absolute Gasteiger partial charge is 0.337 e. The number of anilines is 1. The number of amides is 4. The Balaban J connectivity index is 1.16. The SMILES string of the molecule is CCCN1C(=O)N(C2CC2)C(=O)C2NC(S(=O)Cc3ccc(N(C(=O)c4cncc(C(=O)O)c4)C4CC4)nc3)=NC21. The van der Waals surface area contributed by atoms with Crippen LogP contribution >= 0.6 is 0 Å². The molecule has 6 rings (SSSR count). The van der Waals surface area contributed by atoms with E-state index in [0.717, 1.165) is 25.7 Å². The lowest BCUT2D eigenvalue weighted by atomic mass is 10.1. The van der Waals surface area contributed by atoms with Crippen molar-refractivity contribution in [2.45, 2.75) is 69.1 Å². The van der Waals surface area contributed by atoms with Crippen molar-refractivity contribution >= 4 is 45.6 Å². The average molecular weight is 580 g/mol. The standard InChI is InChI=1S/C27H29N7O6S/c1-2-9-32-22-21(24(36)34(27(32)39)19-6-7-19)30-26(31-22)41(40)14-15-3-8-20(29-11-15)33(18-4-5-18)23(35)16-10-17(25(37)38)13-28-12-16/h3,8,10-13,18-19,21-22H,2,4-7,9,14H2,1H3,(H,30,31)(H,37,38). The van der Waals surface area contributed by atoms with E-state index in [1.54, 1.807) is 17.0 Å². The first-order valence-corrected chi connectivity index (χ1v) is 14.9. The third-order valence-electron chi connectivity index (χ3n) is 7.41. The topological polar surface area (TPSA) is 165 Å². The molecule has 2 aliphatic carbocycles. The van der Waals surface area contributed by atoms with Crippen molar-refractivity contribution in [3.05, 3.63) is 53.5 Å². The van der Waals surface area contributed by atoms with Crippen LogP contribution in [0, 0.1) is 0 Å². The number of aliphatic imine (C=N–C) groups is 1. The quantitative estimate of drug-likeness (QED) is 0.450. The number of aromatic carboxylic acids is 1. The van der Waals surface area contributed by atoms with Gasteiger partial charge in [0.05, 0.1) is 27.7 Å². The highest BCUT2D eigenvalue weighted by atomic mass is 32.2. The fourth-order valence-electron chi connectivity index (χ4n) is 5.10. The van der Waals surface area contributed by atoms with Crippen molar-refractivity contribution in [3.8, 4) is 0 Å². The van der Waals surface area contributed by atoms with Crippen molar-refractivity contribution in [2.75, 3.05) is 11.4 Å². The van der Waals surface area contributed by atoms with Crippen LogP contribution in [0.5, 0.6) is 0 Å². The highest BCUT2D eigenvalue weighted by Gasteiger charge is 2.53. The number of fused-ring (bicyclic) bond motifs is 1. The number of hydrogen-bond acceptors (Lipinski definition) is 9. The lowest BCUT2D eigenvalue weighted by Crippen LogP contribution is -2.66. The zero-order valence-electron chi connectivity index (χ0n) is 22.3. The maximum Gasteiger partial charge on any atom is 0.337 e. The number of hydrogen-bond donors (Lipinski definition) is 2. The first kappa shape index (κ1) is 27.0. The van der Waals surface area contributed by atoms with E-state index in [4.69, 9.17) is 0 Å². The molecule has 14 heteroatoms. The van der Waals surface area contributed by atoms with E-state index in [2.05, 4.69) is 20.3 Å². The minimum Gasteiger partial charge on any atom is -0.478 e. The second-order valence-electron chi connectivity index (χ2n) is 10.6. The van der Waals surface area contributed by atoms with Crippen LogP contribution < -0.4 is 10.2 Å². The van der Waals surface area contributed by atoms with Gasteiger partial charge in [0.1, 0.15) is 11.9 Å². The number of carbonyl (C=O) groups is 4. The van der Waals surface area contributed by atoms with Gasteiger partial charge >= 0.3 is 12.0 Å². The maximum atomic E-state index is 13.3. The number of nitrogens with zero attached hydrogens (tertiary/aromatic N) is 6. The van der Waals surface area contributed by atoms with Gasteiger partial charge in [0.15, 0.2) is 11.3 Å². The Labute approximate surface area is 238 Å². The minimum absolute atomic E-state index is 0.0506. The van der Waals surface area contributed by atoms with Crippen LogP contribution in [0.1, 0.15) is 65.3 Å². The van der Waals surface area contributed by atoms with Crippen LogP contribution in [-0.2, 0) is 21.3 Å². The summed E-state index contributed by atoms with van der Waals surface area (Å²) in [4.78, 5) is 68.1. The molecule has 0 radical (unpaired) electrons. The van der Waals surface area contributed by atoms with Crippen molar-refractivity contribution in [1.29, 1.82) is 0 Å². The molecule has 4 heterocycles. The van der Waals surface area contributed by atoms with Gasteiger partial charge in [-0.25, -0.2) is 19.6 Å². The van der Waals surface area contributed by atoms with E-state index in [9.17, 15) is 28.5 Å². The molecule has 2 aromatic heterocycles. The van der Waals surface area contributed by atoms with Crippen LogP contribution in [0.15, 0.2) is 41.8 Å². The van der Waals surface area contributed by atoms with Crippen LogP contribution in [0.2, 0.25) is 0 Å². The number of imide groups is 1. The Morgan fingerprint density at radius 3 is 2.51 bits per heavy atom. The average Bonchev–Trinajstić information content (AvgIpc) is 3.91. The van der Waals surface area contributed by atoms with Gasteiger partial charge in [0.2, 0.25) is 0 Å². The van der Waals surface area contributed by atoms with Crippen LogP contribution in [-0.4, -0.2) is 88.9 Å². The Hall–Kier alpha value is -4.20. The molecule has 4 amide bonds. The second-order valence-corrected chi connectivity index (χ2v) is 11.9. The number of pyridine rings is 2. The van der Waals surface area contributed by atoms with Gasteiger partial charge < -0.3 is 10.4 Å².